The van der Waals surface area contributed by atoms with Gasteiger partial charge in [-0.2, -0.15) is 16.4 Å². The van der Waals surface area contributed by atoms with Gasteiger partial charge in [0.05, 0.1) is 12.2 Å². The second kappa shape index (κ2) is 4.59. The van der Waals surface area contributed by atoms with Gasteiger partial charge in [-0.15, -0.1) is 0 Å². The maximum atomic E-state index is 4.49. The molecule has 0 amide bonds. The Balaban J connectivity index is 2.12. The third-order valence-electron chi connectivity index (χ3n) is 2.34. The van der Waals surface area contributed by atoms with Crippen LogP contribution in [0.2, 0.25) is 0 Å². The van der Waals surface area contributed by atoms with Gasteiger partial charge in [0.15, 0.2) is 0 Å². The Hall–Kier alpha value is -1.13. The van der Waals surface area contributed by atoms with Crippen molar-refractivity contribution in [1.29, 1.82) is 0 Å². The Morgan fingerprint density at radius 3 is 3.07 bits per heavy atom. The van der Waals surface area contributed by atoms with Crippen LogP contribution in [0.25, 0.3) is 0 Å². The van der Waals surface area contributed by atoms with Gasteiger partial charge in [0.2, 0.25) is 0 Å². The quantitative estimate of drug-likeness (QED) is 0.856. The molecule has 0 radical (unpaired) electrons. The van der Waals surface area contributed by atoms with E-state index in [0.717, 1.165) is 18.8 Å². The fourth-order valence-electron chi connectivity index (χ4n) is 1.57. The molecule has 2 rings (SSSR count). The predicted molar refractivity (Wildman–Crippen MR) is 63.1 cm³/mol. The van der Waals surface area contributed by atoms with E-state index in [-0.39, 0.29) is 0 Å². The van der Waals surface area contributed by atoms with Gasteiger partial charge in [0, 0.05) is 18.3 Å². The fourth-order valence-corrected chi connectivity index (χ4v) is 2.23. The van der Waals surface area contributed by atoms with Gasteiger partial charge in [0.25, 0.3) is 0 Å². The molecule has 0 unspecified atom stereocenters. The first-order valence-corrected chi connectivity index (χ1v) is 5.92. The Labute approximate surface area is 93.7 Å². The molecule has 2 aromatic rings. The minimum atomic E-state index is 0.869. The normalized spacial score (nSPS) is 10.8. The van der Waals surface area contributed by atoms with Crippen molar-refractivity contribution >= 4 is 11.3 Å². The number of thiophene rings is 1. The molecule has 0 fully saturated rings. The molecule has 4 heteroatoms. The molecule has 3 nitrogen and oxygen atoms in total. The third-order valence-corrected chi connectivity index (χ3v) is 3.07. The Morgan fingerprint density at radius 1 is 1.53 bits per heavy atom. The van der Waals surface area contributed by atoms with Gasteiger partial charge in [-0.05, 0) is 36.4 Å². The topological polar surface area (TPSA) is 29.9 Å². The van der Waals surface area contributed by atoms with Crippen molar-refractivity contribution in [3.05, 3.63) is 39.8 Å². The summed E-state index contributed by atoms with van der Waals surface area (Å²) in [5, 5.41) is 11.9. The molecule has 0 aliphatic carbocycles. The smallest absolute Gasteiger partial charge is 0.0667 e. The lowest BCUT2D eigenvalue weighted by Crippen LogP contribution is -2.05. The van der Waals surface area contributed by atoms with Crippen LogP contribution in [0.4, 0.5) is 0 Å². The molecule has 80 valence electrons. The second-order valence-corrected chi connectivity index (χ2v) is 4.38. The molecular weight excluding hydrogens is 206 g/mol. The van der Waals surface area contributed by atoms with Crippen LogP contribution < -0.4 is 5.32 Å². The highest BCUT2D eigenvalue weighted by Gasteiger charge is 2.04. The van der Waals surface area contributed by atoms with Crippen LogP contribution in [0, 0.1) is 6.92 Å². The van der Waals surface area contributed by atoms with Crippen LogP contribution in [-0.2, 0) is 13.1 Å². The Morgan fingerprint density at radius 2 is 2.40 bits per heavy atom. The summed E-state index contributed by atoms with van der Waals surface area (Å²) in [7, 11) is 1.95. The van der Waals surface area contributed by atoms with E-state index in [1.54, 1.807) is 11.3 Å². The number of nitrogens with zero attached hydrogens (tertiary/aromatic N) is 2. The van der Waals surface area contributed by atoms with Crippen LogP contribution in [0.15, 0.2) is 23.0 Å². The van der Waals surface area contributed by atoms with Gasteiger partial charge >= 0.3 is 0 Å². The average molecular weight is 221 g/mol. The van der Waals surface area contributed by atoms with E-state index in [1.807, 2.05) is 11.7 Å². The number of aromatic nitrogens is 2. The molecule has 0 saturated carbocycles. The Bertz CT molecular complexity index is 417. The molecular formula is C11H15N3S. The molecule has 0 aliphatic heterocycles. The molecule has 0 bridgehead atoms. The van der Waals surface area contributed by atoms with Gasteiger partial charge in [-0.3, -0.25) is 4.68 Å². The first-order valence-electron chi connectivity index (χ1n) is 4.98. The summed E-state index contributed by atoms with van der Waals surface area (Å²) >= 11 is 1.73. The highest BCUT2D eigenvalue weighted by Crippen LogP contribution is 2.10. The van der Waals surface area contributed by atoms with Gasteiger partial charge in [0.1, 0.15) is 0 Å². The number of nitrogens with one attached hydrogen (secondary N) is 1. The standard InChI is InChI=1S/C11H15N3S/c1-9-11(5-12-2)7-14(13-9)6-10-3-4-15-8-10/h3-4,7-8,12H,5-6H2,1-2H3. The first kappa shape index (κ1) is 10.4. The van der Waals surface area contributed by atoms with Crippen molar-refractivity contribution in [2.24, 2.45) is 0 Å². The van der Waals surface area contributed by atoms with Crippen LogP contribution in [0.3, 0.4) is 0 Å². The molecule has 0 aliphatic rings. The average Bonchev–Trinajstić information content (AvgIpc) is 2.79. The summed E-state index contributed by atoms with van der Waals surface area (Å²) in [5.74, 6) is 0. The summed E-state index contributed by atoms with van der Waals surface area (Å²) in [5.41, 5.74) is 3.70. The lowest BCUT2D eigenvalue weighted by atomic mass is 10.3. The fraction of sp³-hybridized carbons (Fsp3) is 0.364. The maximum Gasteiger partial charge on any atom is 0.0667 e. The number of hydrogen-bond donors (Lipinski definition) is 1. The van der Waals surface area contributed by atoms with Crippen molar-refractivity contribution in [1.82, 2.24) is 15.1 Å². The monoisotopic (exact) mass is 221 g/mol. The van der Waals surface area contributed by atoms with E-state index in [2.05, 4.69) is 40.4 Å². The van der Waals surface area contributed by atoms with E-state index >= 15 is 0 Å². The van der Waals surface area contributed by atoms with Gasteiger partial charge in [-0.25, -0.2) is 0 Å². The number of aryl methyl sites for hydroxylation is 1. The molecule has 0 saturated heterocycles. The Kier molecular flexibility index (Phi) is 3.18. The zero-order chi connectivity index (χ0) is 10.7. The molecule has 0 spiro atoms. The van der Waals surface area contributed by atoms with Crippen molar-refractivity contribution in [2.75, 3.05) is 7.05 Å². The SMILES string of the molecule is CNCc1cn(Cc2ccsc2)nc1C. The van der Waals surface area contributed by atoms with Crippen LogP contribution >= 0.6 is 11.3 Å². The summed E-state index contributed by atoms with van der Waals surface area (Å²) in [6, 6.07) is 2.14. The van der Waals surface area contributed by atoms with E-state index < -0.39 is 0 Å². The minimum Gasteiger partial charge on any atom is -0.316 e. The van der Waals surface area contributed by atoms with Gasteiger partial charge in [-0.1, -0.05) is 0 Å². The summed E-state index contributed by atoms with van der Waals surface area (Å²) in [6.45, 7) is 3.81. The zero-order valence-corrected chi connectivity index (χ0v) is 9.84. The predicted octanol–water partition coefficient (Wildman–Crippen LogP) is 2.02. The maximum absolute atomic E-state index is 4.49. The number of rotatable bonds is 4. The highest BCUT2D eigenvalue weighted by molar-refractivity contribution is 7.07. The highest BCUT2D eigenvalue weighted by atomic mass is 32.1. The zero-order valence-electron chi connectivity index (χ0n) is 9.03. The molecule has 0 aromatic carbocycles. The summed E-state index contributed by atoms with van der Waals surface area (Å²) < 4.78 is 2.00. The summed E-state index contributed by atoms with van der Waals surface area (Å²) in [4.78, 5) is 0. The van der Waals surface area contributed by atoms with Crippen LogP contribution in [0.1, 0.15) is 16.8 Å². The van der Waals surface area contributed by atoms with Crippen molar-refractivity contribution in [3.63, 3.8) is 0 Å². The number of hydrogen-bond acceptors (Lipinski definition) is 3. The first-order chi connectivity index (χ1) is 7.29. The van der Waals surface area contributed by atoms with Crippen LogP contribution in [-0.4, -0.2) is 16.8 Å². The van der Waals surface area contributed by atoms with E-state index in [1.165, 1.54) is 11.1 Å². The molecule has 1 N–H and O–H groups in total. The molecule has 0 atom stereocenters. The second-order valence-electron chi connectivity index (χ2n) is 3.60. The summed E-state index contributed by atoms with van der Waals surface area (Å²) in [6.07, 6.45) is 2.11. The van der Waals surface area contributed by atoms with Crippen molar-refractivity contribution in [3.8, 4) is 0 Å². The molecule has 15 heavy (non-hydrogen) atoms. The van der Waals surface area contributed by atoms with E-state index in [0.29, 0.717) is 0 Å². The van der Waals surface area contributed by atoms with E-state index in [4.69, 9.17) is 0 Å². The third kappa shape index (κ3) is 2.46. The van der Waals surface area contributed by atoms with Crippen molar-refractivity contribution in [2.45, 2.75) is 20.0 Å². The molecule has 2 aromatic heterocycles. The largest absolute Gasteiger partial charge is 0.316 e. The van der Waals surface area contributed by atoms with E-state index in [9.17, 15) is 0 Å². The minimum absolute atomic E-state index is 0.869. The molecule has 2 heterocycles. The lowest BCUT2D eigenvalue weighted by molar-refractivity contribution is 0.680. The van der Waals surface area contributed by atoms with Crippen LogP contribution in [0.5, 0.6) is 0 Å². The lowest BCUT2D eigenvalue weighted by Gasteiger charge is -1.97. The van der Waals surface area contributed by atoms with Crippen molar-refractivity contribution < 1.29 is 0 Å². The van der Waals surface area contributed by atoms with Gasteiger partial charge < -0.3 is 5.32 Å².